The molecule has 0 unspecified atom stereocenters. The maximum atomic E-state index is 12.3. The molecule has 0 bridgehead atoms. The molecule has 0 aliphatic carbocycles. The summed E-state index contributed by atoms with van der Waals surface area (Å²) in [5.41, 5.74) is -0.554. The molecule has 0 saturated carbocycles. The first-order chi connectivity index (χ1) is 7.04. The lowest BCUT2D eigenvalue weighted by Gasteiger charge is -2.05. The van der Waals surface area contributed by atoms with Gasteiger partial charge >= 0.3 is 6.18 Å². The lowest BCUT2D eigenvalue weighted by atomic mass is 10.2. The molecule has 1 aromatic rings. The van der Waals surface area contributed by atoms with Crippen LogP contribution in [0.4, 0.5) is 13.2 Å². The van der Waals surface area contributed by atoms with E-state index in [1.165, 1.54) is 12.1 Å². The van der Waals surface area contributed by atoms with Crippen LogP contribution in [0.5, 0.6) is 0 Å². The lowest BCUT2D eigenvalue weighted by Crippen LogP contribution is -2.07. The second-order valence-electron chi connectivity index (χ2n) is 2.86. The summed E-state index contributed by atoms with van der Waals surface area (Å²) in [5, 5.41) is 0. The summed E-state index contributed by atoms with van der Waals surface area (Å²) in [6, 6.07) is 3.83. The maximum Gasteiger partial charge on any atom is 0.433 e. The second kappa shape index (κ2) is 5.21. The van der Waals surface area contributed by atoms with E-state index in [4.69, 9.17) is 0 Å². The quantitative estimate of drug-likeness (QED) is 0.789. The molecule has 0 radical (unpaired) electrons. The fourth-order valence-electron chi connectivity index (χ4n) is 0.981. The standard InChI is InChI=1S/C10H10F3NS/c11-10(12,13)9-6-3-5-8(14-9)4-1-2-7-15/h1,3-6,15H,2,7H2. The fraction of sp³-hybridized carbons (Fsp3) is 0.300. The summed E-state index contributed by atoms with van der Waals surface area (Å²) in [5.74, 6) is 0.662. The molecule has 0 saturated heterocycles. The number of alkyl halides is 3. The smallest absolute Gasteiger partial charge is 0.244 e. The average molecular weight is 233 g/mol. The SMILES string of the molecule is FC(F)(F)c1cccc(C=CCCS)n1. The van der Waals surface area contributed by atoms with Crippen LogP contribution >= 0.6 is 12.6 Å². The van der Waals surface area contributed by atoms with Crippen molar-refractivity contribution in [1.82, 2.24) is 4.98 Å². The van der Waals surface area contributed by atoms with Gasteiger partial charge in [0.15, 0.2) is 0 Å². The molecular formula is C10H10F3NS. The highest BCUT2D eigenvalue weighted by atomic mass is 32.1. The van der Waals surface area contributed by atoms with E-state index in [1.807, 2.05) is 0 Å². The van der Waals surface area contributed by atoms with Gasteiger partial charge in [0, 0.05) is 0 Å². The Hall–Kier alpha value is -0.970. The van der Waals surface area contributed by atoms with Crippen molar-refractivity contribution in [2.24, 2.45) is 0 Å². The van der Waals surface area contributed by atoms with Crippen LogP contribution in [0.25, 0.3) is 6.08 Å². The van der Waals surface area contributed by atoms with Crippen molar-refractivity contribution in [3.63, 3.8) is 0 Å². The molecule has 1 aromatic heterocycles. The van der Waals surface area contributed by atoms with E-state index in [1.54, 1.807) is 12.2 Å². The molecule has 15 heavy (non-hydrogen) atoms. The molecule has 0 aromatic carbocycles. The molecule has 0 spiro atoms. The predicted octanol–water partition coefficient (Wildman–Crippen LogP) is 3.43. The van der Waals surface area contributed by atoms with E-state index < -0.39 is 11.9 Å². The van der Waals surface area contributed by atoms with Gasteiger partial charge in [-0.25, -0.2) is 4.98 Å². The Morgan fingerprint density at radius 2 is 2.07 bits per heavy atom. The number of rotatable bonds is 3. The van der Waals surface area contributed by atoms with E-state index in [0.29, 0.717) is 17.9 Å². The van der Waals surface area contributed by atoms with Crippen molar-refractivity contribution >= 4 is 18.7 Å². The first-order valence-corrected chi connectivity index (χ1v) is 4.99. The van der Waals surface area contributed by atoms with Crippen molar-refractivity contribution in [3.05, 3.63) is 35.7 Å². The van der Waals surface area contributed by atoms with Crippen LogP contribution in [-0.2, 0) is 6.18 Å². The van der Waals surface area contributed by atoms with Crippen LogP contribution in [0.2, 0.25) is 0 Å². The van der Waals surface area contributed by atoms with Crippen molar-refractivity contribution in [2.45, 2.75) is 12.6 Å². The highest BCUT2D eigenvalue weighted by Crippen LogP contribution is 2.27. The summed E-state index contributed by atoms with van der Waals surface area (Å²) in [6.07, 6.45) is -0.366. The third kappa shape index (κ3) is 3.95. The van der Waals surface area contributed by atoms with Gasteiger partial charge in [0.2, 0.25) is 0 Å². The lowest BCUT2D eigenvalue weighted by molar-refractivity contribution is -0.141. The molecule has 0 aliphatic heterocycles. The van der Waals surface area contributed by atoms with E-state index in [-0.39, 0.29) is 0 Å². The van der Waals surface area contributed by atoms with E-state index >= 15 is 0 Å². The summed E-state index contributed by atoms with van der Waals surface area (Å²) in [6.45, 7) is 0. The van der Waals surface area contributed by atoms with Gasteiger partial charge in [-0.3, -0.25) is 0 Å². The third-order valence-corrected chi connectivity index (χ3v) is 1.90. The van der Waals surface area contributed by atoms with Gasteiger partial charge in [0.25, 0.3) is 0 Å². The Morgan fingerprint density at radius 3 is 2.67 bits per heavy atom. The van der Waals surface area contributed by atoms with Gasteiger partial charge in [-0.1, -0.05) is 12.1 Å². The van der Waals surface area contributed by atoms with Crippen molar-refractivity contribution < 1.29 is 13.2 Å². The zero-order valence-corrected chi connectivity index (χ0v) is 8.72. The number of halogens is 3. The Bertz CT molecular complexity index is 347. The molecule has 5 heteroatoms. The summed E-state index contributed by atoms with van der Waals surface area (Å²) in [4.78, 5) is 3.48. The average Bonchev–Trinajstić information content (AvgIpc) is 2.17. The number of nitrogens with zero attached hydrogens (tertiary/aromatic N) is 1. The number of pyridine rings is 1. The van der Waals surface area contributed by atoms with Gasteiger partial charge < -0.3 is 0 Å². The van der Waals surface area contributed by atoms with Gasteiger partial charge in [-0.2, -0.15) is 25.8 Å². The van der Waals surface area contributed by atoms with Crippen LogP contribution in [0.15, 0.2) is 24.3 Å². The largest absolute Gasteiger partial charge is 0.433 e. The molecule has 0 aliphatic rings. The maximum absolute atomic E-state index is 12.3. The number of hydrogen-bond donors (Lipinski definition) is 1. The topological polar surface area (TPSA) is 12.9 Å². The Balaban J connectivity index is 2.84. The minimum Gasteiger partial charge on any atom is -0.244 e. The molecule has 1 heterocycles. The molecule has 1 nitrogen and oxygen atoms in total. The van der Waals surface area contributed by atoms with Crippen LogP contribution in [0.3, 0.4) is 0 Å². The van der Waals surface area contributed by atoms with Crippen LogP contribution < -0.4 is 0 Å². The van der Waals surface area contributed by atoms with Crippen LogP contribution in [0, 0.1) is 0 Å². The monoisotopic (exact) mass is 233 g/mol. The number of thiol groups is 1. The summed E-state index contributed by atoms with van der Waals surface area (Å²) >= 11 is 3.98. The zero-order chi connectivity index (χ0) is 11.3. The number of hydrogen-bond acceptors (Lipinski definition) is 2. The van der Waals surface area contributed by atoms with Crippen LogP contribution in [0.1, 0.15) is 17.8 Å². The summed E-state index contributed by atoms with van der Waals surface area (Å²) < 4.78 is 36.8. The van der Waals surface area contributed by atoms with E-state index in [0.717, 1.165) is 6.07 Å². The Morgan fingerprint density at radius 1 is 1.33 bits per heavy atom. The highest BCUT2D eigenvalue weighted by molar-refractivity contribution is 7.80. The number of aromatic nitrogens is 1. The molecule has 1 rings (SSSR count). The van der Waals surface area contributed by atoms with E-state index in [9.17, 15) is 13.2 Å². The minimum atomic E-state index is -4.38. The normalized spacial score (nSPS) is 12.3. The second-order valence-corrected chi connectivity index (χ2v) is 3.31. The first-order valence-electron chi connectivity index (χ1n) is 4.35. The molecule has 0 atom stereocenters. The zero-order valence-electron chi connectivity index (χ0n) is 7.83. The predicted molar refractivity (Wildman–Crippen MR) is 56.7 cm³/mol. The van der Waals surface area contributed by atoms with E-state index in [2.05, 4.69) is 17.6 Å². The summed E-state index contributed by atoms with van der Waals surface area (Å²) in [7, 11) is 0. The molecule has 0 N–H and O–H groups in total. The van der Waals surface area contributed by atoms with Gasteiger partial charge in [0.05, 0.1) is 5.69 Å². The highest BCUT2D eigenvalue weighted by Gasteiger charge is 2.32. The van der Waals surface area contributed by atoms with Crippen molar-refractivity contribution in [3.8, 4) is 0 Å². The minimum absolute atomic E-state index is 0.312. The number of allylic oxidation sites excluding steroid dienone is 1. The molecular weight excluding hydrogens is 223 g/mol. The van der Waals surface area contributed by atoms with Crippen molar-refractivity contribution in [1.29, 1.82) is 0 Å². The Kier molecular flexibility index (Phi) is 4.20. The molecule has 82 valence electrons. The fourth-order valence-corrected chi connectivity index (χ4v) is 1.13. The molecule has 0 fully saturated rings. The van der Waals surface area contributed by atoms with Gasteiger partial charge in [0.1, 0.15) is 5.69 Å². The first kappa shape index (κ1) is 12.1. The van der Waals surface area contributed by atoms with Crippen LogP contribution in [-0.4, -0.2) is 10.7 Å². The third-order valence-electron chi connectivity index (χ3n) is 1.65. The Labute approximate surface area is 91.4 Å². The van der Waals surface area contributed by atoms with Gasteiger partial charge in [-0.05, 0) is 30.4 Å². The van der Waals surface area contributed by atoms with Gasteiger partial charge in [-0.15, -0.1) is 0 Å². The molecule has 0 amide bonds. The van der Waals surface area contributed by atoms with Crippen molar-refractivity contribution in [2.75, 3.05) is 5.75 Å².